The van der Waals surface area contributed by atoms with Crippen LogP contribution in [-0.2, 0) is 20.0 Å². The molecule has 0 radical (unpaired) electrons. The Labute approximate surface area is 163 Å². The van der Waals surface area contributed by atoms with E-state index in [0.29, 0.717) is 5.69 Å². The van der Waals surface area contributed by atoms with E-state index in [9.17, 15) is 4.79 Å². The number of pyridine rings is 1. The molecule has 4 nitrogen and oxygen atoms in total. The minimum absolute atomic E-state index is 0.160. The number of fused-ring (bicyclic) bond motifs is 1. The molecular formula is C22H29N3O. The fourth-order valence-corrected chi connectivity index (χ4v) is 3.74. The van der Waals surface area contributed by atoms with E-state index in [2.05, 4.69) is 17.0 Å². The van der Waals surface area contributed by atoms with E-state index in [4.69, 9.17) is 6.85 Å². The number of aromatic nitrogens is 1. The Bertz CT molecular complexity index is 976. The molecule has 1 aliphatic heterocycles. The van der Waals surface area contributed by atoms with Crippen molar-refractivity contribution in [3.63, 3.8) is 0 Å². The summed E-state index contributed by atoms with van der Waals surface area (Å²) in [5, 5.41) is 0. The quantitative estimate of drug-likeness (QED) is 0.818. The predicted molar refractivity (Wildman–Crippen MR) is 107 cm³/mol. The lowest BCUT2D eigenvalue weighted by Gasteiger charge is -2.33. The van der Waals surface area contributed by atoms with Crippen LogP contribution in [0.15, 0.2) is 41.3 Å². The summed E-state index contributed by atoms with van der Waals surface area (Å²) in [7, 11) is 0. The Morgan fingerprint density at radius 1 is 1.23 bits per heavy atom. The van der Waals surface area contributed by atoms with Crippen molar-refractivity contribution in [1.82, 2.24) is 9.47 Å². The number of hydrogen-bond acceptors (Lipinski definition) is 3. The Hall–Kier alpha value is -2.07. The summed E-state index contributed by atoms with van der Waals surface area (Å²) in [5.41, 5.74) is 3.35. The van der Waals surface area contributed by atoms with E-state index in [1.165, 1.54) is 36.2 Å². The summed E-state index contributed by atoms with van der Waals surface area (Å²) in [6.45, 7) is 0.124. The van der Waals surface area contributed by atoms with Crippen LogP contribution in [0.5, 0.6) is 0 Å². The topological polar surface area (TPSA) is 28.5 Å². The molecule has 138 valence electrons. The molecule has 1 aromatic heterocycles. The largest absolute Gasteiger partial charge is 0.338 e. The van der Waals surface area contributed by atoms with Gasteiger partial charge in [-0.15, -0.1) is 0 Å². The van der Waals surface area contributed by atoms with Gasteiger partial charge in [-0.3, -0.25) is 9.69 Å². The zero-order valence-electron chi connectivity index (χ0n) is 20.0. The Morgan fingerprint density at radius 3 is 2.88 bits per heavy atom. The molecule has 1 atom stereocenters. The normalized spacial score (nSPS) is 21.4. The molecular weight excluding hydrogens is 322 g/mol. The standard InChI is InChI=1S/C22H29N3O/c1-16(2)25(21-8-9-22(26)23(3)15-21)20-7-6-18-10-11-24(13-17-4-5-17)14-19(18)12-20/h6-9,12,15-17H,4-5,10-11,13-14H2,1-3H3/i1D,2D2,3D2. The SMILES string of the molecule is [2H]CC(C([2H])[2H])N(c1ccc2c(c1)CN(CC1CC1)CC2)c1ccc(=O)n(C([2H])[2H])c1. The first kappa shape index (κ1) is 12.3. The second-order valence-electron chi connectivity index (χ2n) is 7.45. The molecule has 2 aromatic rings. The third-order valence-electron chi connectivity index (χ3n) is 5.30. The van der Waals surface area contributed by atoms with E-state index in [0.717, 1.165) is 42.2 Å². The van der Waals surface area contributed by atoms with E-state index < -0.39 is 25.5 Å². The Morgan fingerprint density at radius 2 is 2.12 bits per heavy atom. The van der Waals surface area contributed by atoms with Crippen molar-refractivity contribution < 1.29 is 6.85 Å². The van der Waals surface area contributed by atoms with Crippen LogP contribution in [0.3, 0.4) is 0 Å². The van der Waals surface area contributed by atoms with Crippen LogP contribution in [0.25, 0.3) is 0 Å². The number of benzene rings is 1. The summed E-state index contributed by atoms with van der Waals surface area (Å²) >= 11 is 0. The highest BCUT2D eigenvalue weighted by molar-refractivity contribution is 5.64. The van der Waals surface area contributed by atoms with Gasteiger partial charge in [0, 0.05) is 57.5 Å². The molecule has 2 aliphatic rings. The second-order valence-corrected chi connectivity index (χ2v) is 7.45. The van der Waals surface area contributed by atoms with E-state index in [-0.39, 0.29) is 6.90 Å². The minimum atomic E-state index is -1.49. The average Bonchev–Trinajstić information content (AvgIpc) is 3.55. The highest BCUT2D eigenvalue weighted by Gasteiger charge is 2.26. The van der Waals surface area contributed by atoms with Crippen molar-refractivity contribution in [2.45, 2.75) is 45.6 Å². The number of anilines is 2. The maximum Gasteiger partial charge on any atom is 0.250 e. The fourth-order valence-electron chi connectivity index (χ4n) is 3.74. The van der Waals surface area contributed by atoms with Crippen LogP contribution in [0.4, 0.5) is 11.4 Å². The van der Waals surface area contributed by atoms with Gasteiger partial charge in [0.05, 0.1) is 5.69 Å². The van der Waals surface area contributed by atoms with Crippen LogP contribution in [-0.4, -0.2) is 28.6 Å². The van der Waals surface area contributed by atoms with Gasteiger partial charge in [0.1, 0.15) is 0 Å². The average molecular weight is 357 g/mol. The zero-order valence-corrected chi connectivity index (χ0v) is 15.0. The third-order valence-corrected chi connectivity index (χ3v) is 5.30. The first-order valence-corrected chi connectivity index (χ1v) is 9.21. The summed E-state index contributed by atoms with van der Waals surface area (Å²) in [5.74, 6) is 0.824. The molecule has 1 aromatic carbocycles. The van der Waals surface area contributed by atoms with Gasteiger partial charge in [-0.25, -0.2) is 0 Å². The number of nitrogens with zero attached hydrogens (tertiary/aromatic N) is 3. The van der Waals surface area contributed by atoms with E-state index in [1.54, 1.807) is 11.0 Å². The van der Waals surface area contributed by atoms with Crippen LogP contribution < -0.4 is 10.5 Å². The lowest BCUT2D eigenvalue weighted by Crippen LogP contribution is -2.33. The smallest absolute Gasteiger partial charge is 0.250 e. The van der Waals surface area contributed by atoms with Crippen LogP contribution >= 0.6 is 0 Å². The van der Waals surface area contributed by atoms with Crippen LogP contribution in [0.1, 0.15) is 44.6 Å². The van der Waals surface area contributed by atoms with Crippen molar-refractivity contribution >= 4 is 11.4 Å². The molecule has 4 rings (SSSR count). The molecule has 26 heavy (non-hydrogen) atoms. The molecule has 1 unspecified atom stereocenters. The first-order chi connectivity index (χ1) is 14.9. The zero-order chi connectivity index (χ0) is 22.1. The van der Waals surface area contributed by atoms with Gasteiger partial charge < -0.3 is 9.47 Å². The summed E-state index contributed by atoms with van der Waals surface area (Å²) in [4.78, 5) is 16.3. The predicted octanol–water partition coefficient (Wildman–Crippen LogP) is 3.70. The van der Waals surface area contributed by atoms with Gasteiger partial charge in [0.2, 0.25) is 5.56 Å². The summed E-state index contributed by atoms with van der Waals surface area (Å²) < 4.78 is 40.3. The molecule has 0 amide bonds. The Kier molecular flexibility index (Phi) is 3.28. The molecule has 0 saturated heterocycles. The van der Waals surface area contributed by atoms with Crippen LogP contribution in [0, 0.1) is 5.92 Å². The van der Waals surface area contributed by atoms with E-state index >= 15 is 0 Å². The van der Waals surface area contributed by atoms with Gasteiger partial charge in [-0.1, -0.05) is 6.07 Å². The van der Waals surface area contributed by atoms with Crippen molar-refractivity contribution in [3.05, 3.63) is 58.0 Å². The van der Waals surface area contributed by atoms with Gasteiger partial charge in [-0.2, -0.15) is 0 Å². The molecule has 0 N–H and O–H groups in total. The molecule has 4 heteroatoms. The molecule has 1 fully saturated rings. The highest BCUT2D eigenvalue weighted by atomic mass is 16.1. The van der Waals surface area contributed by atoms with Crippen molar-refractivity contribution in [1.29, 1.82) is 0 Å². The number of aryl methyl sites for hydroxylation is 1. The fraction of sp³-hybridized carbons (Fsp3) is 0.500. The maximum atomic E-state index is 12.1. The third kappa shape index (κ3) is 3.56. The van der Waals surface area contributed by atoms with Crippen molar-refractivity contribution in [2.75, 3.05) is 18.0 Å². The Balaban J connectivity index is 1.72. The molecule has 2 heterocycles. The monoisotopic (exact) mass is 356 g/mol. The van der Waals surface area contributed by atoms with Gasteiger partial charge in [-0.05, 0) is 68.3 Å². The highest BCUT2D eigenvalue weighted by Crippen LogP contribution is 2.34. The van der Waals surface area contributed by atoms with Gasteiger partial charge >= 0.3 is 0 Å². The minimum Gasteiger partial charge on any atom is -0.338 e. The first-order valence-electron chi connectivity index (χ1n) is 12.2. The lowest BCUT2D eigenvalue weighted by atomic mass is 9.98. The van der Waals surface area contributed by atoms with Crippen LogP contribution in [0.2, 0.25) is 0 Å². The molecule has 0 spiro atoms. The maximum absolute atomic E-state index is 12.1. The summed E-state index contributed by atoms with van der Waals surface area (Å²) in [6.07, 6.45) is 5.06. The summed E-state index contributed by atoms with van der Waals surface area (Å²) in [6, 6.07) is 8.26. The lowest BCUT2D eigenvalue weighted by molar-refractivity contribution is 0.244. The number of hydrogen-bond donors (Lipinski definition) is 0. The molecule has 0 bridgehead atoms. The van der Waals surface area contributed by atoms with Gasteiger partial charge in [0.25, 0.3) is 0 Å². The van der Waals surface area contributed by atoms with Gasteiger partial charge in [0.15, 0.2) is 0 Å². The van der Waals surface area contributed by atoms with Crippen molar-refractivity contribution in [2.24, 2.45) is 12.9 Å². The second kappa shape index (κ2) is 6.92. The molecule has 1 saturated carbocycles. The molecule has 1 aliphatic carbocycles. The number of rotatable bonds is 5. The van der Waals surface area contributed by atoms with Crippen molar-refractivity contribution in [3.8, 4) is 0 Å². The van der Waals surface area contributed by atoms with E-state index in [1.807, 2.05) is 6.07 Å².